The normalized spacial score (nSPS) is 10.4. The molecule has 2 N–H and O–H groups in total. The minimum atomic E-state index is 0.602. The van der Waals surface area contributed by atoms with Gasteiger partial charge in [0.2, 0.25) is 0 Å². The standard InChI is InChI=1S/C16H19BrN2O/c1-19(2)14-4-3-5-15(11-14)20-16-7-6-13(17)10-12(16)8-9-18/h3-7,10-11H,8-9,18H2,1-2H3. The van der Waals surface area contributed by atoms with Crippen LogP contribution in [0, 0.1) is 0 Å². The van der Waals surface area contributed by atoms with Gasteiger partial charge >= 0.3 is 0 Å². The van der Waals surface area contributed by atoms with Gasteiger partial charge in [0, 0.05) is 30.3 Å². The van der Waals surface area contributed by atoms with Crippen molar-refractivity contribution in [2.24, 2.45) is 5.73 Å². The smallest absolute Gasteiger partial charge is 0.130 e. The third-order valence-corrected chi connectivity index (χ3v) is 3.49. The molecule has 0 aliphatic carbocycles. The molecule has 0 fully saturated rings. The zero-order valence-electron chi connectivity index (χ0n) is 11.8. The highest BCUT2D eigenvalue weighted by Crippen LogP contribution is 2.30. The van der Waals surface area contributed by atoms with Crippen LogP contribution in [0.4, 0.5) is 5.69 Å². The Morgan fingerprint density at radius 1 is 1.15 bits per heavy atom. The number of anilines is 1. The lowest BCUT2D eigenvalue weighted by Crippen LogP contribution is -2.08. The molecule has 2 aromatic rings. The average molecular weight is 335 g/mol. The molecule has 0 amide bonds. The van der Waals surface area contributed by atoms with E-state index in [1.807, 2.05) is 44.4 Å². The maximum atomic E-state index is 6.00. The summed E-state index contributed by atoms with van der Waals surface area (Å²) in [4.78, 5) is 2.05. The van der Waals surface area contributed by atoms with E-state index in [0.29, 0.717) is 6.54 Å². The van der Waals surface area contributed by atoms with Gasteiger partial charge in [0.15, 0.2) is 0 Å². The van der Waals surface area contributed by atoms with E-state index in [0.717, 1.165) is 33.6 Å². The summed E-state index contributed by atoms with van der Waals surface area (Å²) in [6.07, 6.45) is 0.794. The fourth-order valence-electron chi connectivity index (χ4n) is 1.95. The topological polar surface area (TPSA) is 38.5 Å². The first-order valence-corrected chi connectivity index (χ1v) is 7.33. The molecular weight excluding hydrogens is 316 g/mol. The fraction of sp³-hybridized carbons (Fsp3) is 0.250. The van der Waals surface area contributed by atoms with Gasteiger partial charge in [-0.05, 0) is 48.9 Å². The summed E-state index contributed by atoms with van der Waals surface area (Å²) in [5, 5.41) is 0. The van der Waals surface area contributed by atoms with Crippen LogP contribution in [0.2, 0.25) is 0 Å². The Labute approximate surface area is 128 Å². The van der Waals surface area contributed by atoms with Crippen molar-refractivity contribution in [3.8, 4) is 11.5 Å². The molecule has 0 aromatic heterocycles. The Morgan fingerprint density at radius 2 is 1.95 bits per heavy atom. The summed E-state index contributed by atoms with van der Waals surface area (Å²) in [5.41, 5.74) is 7.88. The minimum absolute atomic E-state index is 0.602. The van der Waals surface area contributed by atoms with Gasteiger partial charge in [0.25, 0.3) is 0 Å². The van der Waals surface area contributed by atoms with Gasteiger partial charge < -0.3 is 15.4 Å². The maximum absolute atomic E-state index is 6.00. The van der Waals surface area contributed by atoms with Crippen LogP contribution in [0.25, 0.3) is 0 Å². The Balaban J connectivity index is 2.27. The minimum Gasteiger partial charge on any atom is -0.457 e. The molecule has 0 heterocycles. The first-order chi connectivity index (χ1) is 9.60. The number of rotatable bonds is 5. The van der Waals surface area contributed by atoms with Crippen molar-refractivity contribution in [2.45, 2.75) is 6.42 Å². The van der Waals surface area contributed by atoms with Gasteiger partial charge in [-0.3, -0.25) is 0 Å². The Bertz CT molecular complexity index is 584. The number of halogens is 1. The number of nitrogens with zero attached hydrogens (tertiary/aromatic N) is 1. The van der Waals surface area contributed by atoms with E-state index in [-0.39, 0.29) is 0 Å². The van der Waals surface area contributed by atoms with E-state index in [4.69, 9.17) is 10.5 Å². The molecule has 20 heavy (non-hydrogen) atoms. The highest BCUT2D eigenvalue weighted by molar-refractivity contribution is 9.10. The molecule has 2 rings (SSSR count). The second kappa shape index (κ2) is 6.77. The van der Waals surface area contributed by atoms with Gasteiger partial charge in [0.05, 0.1) is 0 Å². The summed E-state index contributed by atoms with van der Waals surface area (Å²) in [6, 6.07) is 14.0. The van der Waals surface area contributed by atoms with Crippen LogP contribution < -0.4 is 15.4 Å². The molecule has 4 heteroatoms. The molecular formula is C16H19BrN2O. The van der Waals surface area contributed by atoms with E-state index in [1.165, 1.54) is 0 Å². The SMILES string of the molecule is CN(C)c1cccc(Oc2ccc(Br)cc2CCN)c1. The summed E-state index contributed by atoms with van der Waals surface area (Å²) < 4.78 is 7.04. The zero-order valence-corrected chi connectivity index (χ0v) is 13.4. The molecule has 0 saturated heterocycles. The molecule has 0 aliphatic heterocycles. The zero-order chi connectivity index (χ0) is 14.5. The maximum Gasteiger partial charge on any atom is 0.130 e. The number of hydrogen-bond donors (Lipinski definition) is 1. The molecule has 0 radical (unpaired) electrons. The molecule has 0 atom stereocenters. The monoisotopic (exact) mass is 334 g/mol. The molecule has 0 unspecified atom stereocenters. The Hall–Kier alpha value is -1.52. The van der Waals surface area contributed by atoms with Crippen LogP contribution >= 0.6 is 15.9 Å². The lowest BCUT2D eigenvalue weighted by atomic mass is 10.1. The van der Waals surface area contributed by atoms with Gasteiger partial charge in [-0.2, -0.15) is 0 Å². The second-order valence-electron chi connectivity index (χ2n) is 4.78. The van der Waals surface area contributed by atoms with Crippen LogP contribution in [-0.2, 0) is 6.42 Å². The lowest BCUT2D eigenvalue weighted by molar-refractivity contribution is 0.476. The van der Waals surface area contributed by atoms with E-state index in [9.17, 15) is 0 Å². The van der Waals surface area contributed by atoms with Crippen molar-refractivity contribution in [2.75, 3.05) is 25.5 Å². The molecule has 3 nitrogen and oxygen atoms in total. The van der Waals surface area contributed by atoms with Crippen molar-refractivity contribution >= 4 is 21.6 Å². The first-order valence-electron chi connectivity index (χ1n) is 6.54. The number of ether oxygens (including phenoxy) is 1. The molecule has 2 aromatic carbocycles. The van der Waals surface area contributed by atoms with Gasteiger partial charge in [-0.25, -0.2) is 0 Å². The summed E-state index contributed by atoms with van der Waals surface area (Å²) in [6.45, 7) is 0.602. The van der Waals surface area contributed by atoms with Crippen LogP contribution in [0.5, 0.6) is 11.5 Å². The van der Waals surface area contributed by atoms with Gasteiger partial charge in [-0.15, -0.1) is 0 Å². The van der Waals surface area contributed by atoms with E-state index in [2.05, 4.69) is 33.0 Å². The molecule has 0 bridgehead atoms. The highest BCUT2D eigenvalue weighted by atomic mass is 79.9. The number of benzene rings is 2. The summed E-state index contributed by atoms with van der Waals surface area (Å²) >= 11 is 3.48. The molecule has 0 spiro atoms. The molecule has 106 valence electrons. The van der Waals surface area contributed by atoms with Crippen molar-refractivity contribution < 1.29 is 4.74 Å². The quantitative estimate of drug-likeness (QED) is 0.903. The third-order valence-electron chi connectivity index (χ3n) is 3.00. The predicted octanol–water partition coefficient (Wildman–Crippen LogP) is 3.81. The second-order valence-corrected chi connectivity index (χ2v) is 5.70. The van der Waals surface area contributed by atoms with Crippen molar-refractivity contribution in [1.82, 2.24) is 0 Å². The van der Waals surface area contributed by atoms with Crippen molar-refractivity contribution in [3.05, 3.63) is 52.5 Å². The van der Waals surface area contributed by atoms with Gasteiger partial charge in [-0.1, -0.05) is 22.0 Å². The average Bonchev–Trinajstić information content (AvgIpc) is 2.42. The fourth-order valence-corrected chi connectivity index (χ4v) is 2.36. The highest BCUT2D eigenvalue weighted by Gasteiger charge is 2.06. The third kappa shape index (κ3) is 3.74. The number of nitrogens with two attached hydrogens (primary N) is 1. The molecule has 0 aliphatic rings. The van der Waals surface area contributed by atoms with Crippen LogP contribution in [-0.4, -0.2) is 20.6 Å². The first kappa shape index (κ1) is 14.9. The van der Waals surface area contributed by atoms with E-state index >= 15 is 0 Å². The molecule has 0 saturated carbocycles. The predicted molar refractivity (Wildman–Crippen MR) is 87.7 cm³/mol. The lowest BCUT2D eigenvalue weighted by Gasteiger charge is -2.15. The summed E-state index contributed by atoms with van der Waals surface area (Å²) in [7, 11) is 4.02. The Morgan fingerprint density at radius 3 is 2.65 bits per heavy atom. The Kier molecular flexibility index (Phi) is 5.04. The van der Waals surface area contributed by atoms with Crippen LogP contribution in [0.1, 0.15) is 5.56 Å². The van der Waals surface area contributed by atoms with Crippen molar-refractivity contribution in [3.63, 3.8) is 0 Å². The van der Waals surface area contributed by atoms with Crippen LogP contribution in [0.3, 0.4) is 0 Å². The largest absolute Gasteiger partial charge is 0.457 e. The summed E-state index contributed by atoms with van der Waals surface area (Å²) in [5.74, 6) is 1.69. The number of hydrogen-bond acceptors (Lipinski definition) is 3. The van der Waals surface area contributed by atoms with E-state index in [1.54, 1.807) is 0 Å². The van der Waals surface area contributed by atoms with Gasteiger partial charge in [0.1, 0.15) is 11.5 Å². The van der Waals surface area contributed by atoms with E-state index < -0.39 is 0 Å². The van der Waals surface area contributed by atoms with Crippen molar-refractivity contribution in [1.29, 1.82) is 0 Å². The van der Waals surface area contributed by atoms with Crippen LogP contribution in [0.15, 0.2) is 46.9 Å².